The van der Waals surface area contributed by atoms with Gasteiger partial charge >= 0.3 is 5.97 Å². The van der Waals surface area contributed by atoms with Gasteiger partial charge in [0.1, 0.15) is 5.75 Å². The Morgan fingerprint density at radius 2 is 2.06 bits per heavy atom. The SMILES string of the molecule is CCCCCOc1ccc(C(=O)OCC)cc1N. The smallest absolute Gasteiger partial charge is 0.338 e. The maximum atomic E-state index is 11.5. The van der Waals surface area contributed by atoms with Crippen molar-refractivity contribution in [3.8, 4) is 5.75 Å². The number of nitrogens with two attached hydrogens (primary N) is 1. The van der Waals surface area contributed by atoms with E-state index in [1.165, 1.54) is 0 Å². The predicted molar refractivity (Wildman–Crippen MR) is 71.8 cm³/mol. The lowest BCUT2D eigenvalue weighted by Crippen LogP contribution is -2.06. The quantitative estimate of drug-likeness (QED) is 0.459. The molecule has 1 aromatic carbocycles. The summed E-state index contributed by atoms with van der Waals surface area (Å²) in [4.78, 5) is 11.5. The molecule has 0 atom stereocenters. The molecule has 1 rings (SSSR count). The van der Waals surface area contributed by atoms with Gasteiger partial charge in [0.05, 0.1) is 24.5 Å². The Morgan fingerprint density at radius 1 is 1.28 bits per heavy atom. The number of ether oxygens (including phenoxy) is 2. The number of rotatable bonds is 7. The number of unbranched alkanes of at least 4 members (excludes halogenated alkanes) is 2. The van der Waals surface area contributed by atoms with Gasteiger partial charge in [-0.15, -0.1) is 0 Å². The van der Waals surface area contributed by atoms with Crippen LogP contribution in [-0.4, -0.2) is 19.2 Å². The van der Waals surface area contributed by atoms with Gasteiger partial charge in [0.15, 0.2) is 0 Å². The fraction of sp³-hybridized carbons (Fsp3) is 0.500. The van der Waals surface area contributed by atoms with E-state index >= 15 is 0 Å². The average molecular weight is 251 g/mol. The van der Waals surface area contributed by atoms with Crippen LogP contribution < -0.4 is 10.5 Å². The molecule has 0 spiro atoms. The first-order chi connectivity index (χ1) is 8.69. The van der Waals surface area contributed by atoms with Crippen LogP contribution in [0.3, 0.4) is 0 Å². The predicted octanol–water partition coefficient (Wildman–Crippen LogP) is 3.01. The minimum atomic E-state index is -0.360. The van der Waals surface area contributed by atoms with Crippen LogP contribution in [0.2, 0.25) is 0 Å². The van der Waals surface area contributed by atoms with E-state index in [9.17, 15) is 4.79 Å². The first kappa shape index (κ1) is 14.4. The molecule has 1 aromatic rings. The van der Waals surface area contributed by atoms with Crippen molar-refractivity contribution >= 4 is 11.7 Å². The summed E-state index contributed by atoms with van der Waals surface area (Å²) >= 11 is 0. The third-order valence-electron chi connectivity index (χ3n) is 2.53. The summed E-state index contributed by atoms with van der Waals surface area (Å²) < 4.78 is 10.5. The van der Waals surface area contributed by atoms with Gasteiger partial charge in [-0.3, -0.25) is 0 Å². The summed E-state index contributed by atoms with van der Waals surface area (Å²) in [6, 6.07) is 4.98. The van der Waals surface area contributed by atoms with Crippen molar-refractivity contribution in [1.29, 1.82) is 0 Å². The lowest BCUT2D eigenvalue weighted by molar-refractivity contribution is 0.0526. The van der Waals surface area contributed by atoms with Gasteiger partial charge in [0.25, 0.3) is 0 Å². The van der Waals surface area contributed by atoms with Gasteiger partial charge in [-0.2, -0.15) is 0 Å². The zero-order chi connectivity index (χ0) is 13.4. The molecule has 18 heavy (non-hydrogen) atoms. The molecule has 100 valence electrons. The van der Waals surface area contributed by atoms with E-state index in [0.717, 1.165) is 19.3 Å². The molecule has 4 heteroatoms. The molecule has 0 aliphatic carbocycles. The van der Waals surface area contributed by atoms with Crippen molar-refractivity contribution in [3.63, 3.8) is 0 Å². The summed E-state index contributed by atoms with van der Waals surface area (Å²) in [7, 11) is 0. The molecule has 0 unspecified atom stereocenters. The van der Waals surface area contributed by atoms with Crippen LogP contribution in [-0.2, 0) is 4.74 Å². The molecule has 0 radical (unpaired) electrons. The number of nitrogen functional groups attached to an aromatic ring is 1. The van der Waals surface area contributed by atoms with Gasteiger partial charge in [-0.25, -0.2) is 4.79 Å². The highest BCUT2D eigenvalue weighted by atomic mass is 16.5. The van der Waals surface area contributed by atoms with Crippen LogP contribution in [0.15, 0.2) is 18.2 Å². The highest BCUT2D eigenvalue weighted by Gasteiger charge is 2.09. The molecule has 0 bridgehead atoms. The summed E-state index contributed by atoms with van der Waals surface area (Å²) in [5.41, 5.74) is 6.76. The molecular formula is C14H21NO3. The van der Waals surface area contributed by atoms with Crippen molar-refractivity contribution in [2.24, 2.45) is 0 Å². The van der Waals surface area contributed by atoms with Gasteiger partial charge in [0.2, 0.25) is 0 Å². The zero-order valence-electron chi connectivity index (χ0n) is 11.1. The number of hydrogen-bond acceptors (Lipinski definition) is 4. The van der Waals surface area contributed by atoms with E-state index in [1.807, 2.05) is 0 Å². The van der Waals surface area contributed by atoms with Crippen LogP contribution in [0.25, 0.3) is 0 Å². The molecule has 2 N–H and O–H groups in total. The first-order valence-electron chi connectivity index (χ1n) is 6.38. The second kappa shape index (κ2) is 7.58. The van der Waals surface area contributed by atoms with Crippen molar-refractivity contribution in [2.75, 3.05) is 18.9 Å². The Hall–Kier alpha value is -1.71. The monoisotopic (exact) mass is 251 g/mol. The van der Waals surface area contributed by atoms with E-state index < -0.39 is 0 Å². The van der Waals surface area contributed by atoms with E-state index in [2.05, 4.69) is 6.92 Å². The Bertz CT molecular complexity index is 391. The third-order valence-corrected chi connectivity index (χ3v) is 2.53. The average Bonchev–Trinajstić information content (AvgIpc) is 2.36. The molecule has 0 aliphatic rings. The minimum absolute atomic E-state index is 0.355. The van der Waals surface area contributed by atoms with E-state index in [0.29, 0.717) is 30.2 Å². The topological polar surface area (TPSA) is 61.5 Å². The molecular weight excluding hydrogens is 230 g/mol. The van der Waals surface area contributed by atoms with Crippen molar-refractivity contribution in [2.45, 2.75) is 33.1 Å². The fourth-order valence-corrected chi connectivity index (χ4v) is 1.56. The Balaban J connectivity index is 2.59. The largest absolute Gasteiger partial charge is 0.491 e. The lowest BCUT2D eigenvalue weighted by atomic mass is 10.2. The first-order valence-corrected chi connectivity index (χ1v) is 6.38. The second-order valence-electron chi connectivity index (χ2n) is 4.03. The van der Waals surface area contributed by atoms with Gasteiger partial charge in [-0.05, 0) is 31.5 Å². The van der Waals surface area contributed by atoms with Gasteiger partial charge in [-0.1, -0.05) is 19.8 Å². The second-order valence-corrected chi connectivity index (χ2v) is 4.03. The highest BCUT2D eigenvalue weighted by molar-refractivity contribution is 5.91. The van der Waals surface area contributed by atoms with Crippen LogP contribution in [0.1, 0.15) is 43.5 Å². The standard InChI is InChI=1S/C14H21NO3/c1-3-5-6-9-18-13-8-7-11(10-12(13)15)14(16)17-4-2/h7-8,10H,3-6,9,15H2,1-2H3. The van der Waals surface area contributed by atoms with E-state index in [4.69, 9.17) is 15.2 Å². The Morgan fingerprint density at radius 3 is 2.67 bits per heavy atom. The summed E-state index contributed by atoms with van der Waals surface area (Å²) in [5.74, 6) is 0.265. The highest BCUT2D eigenvalue weighted by Crippen LogP contribution is 2.23. The molecule has 0 saturated heterocycles. The van der Waals surface area contributed by atoms with Crippen molar-refractivity contribution < 1.29 is 14.3 Å². The fourth-order valence-electron chi connectivity index (χ4n) is 1.56. The number of hydrogen-bond donors (Lipinski definition) is 1. The Kier molecular flexibility index (Phi) is 6.05. The Labute approximate surface area is 108 Å². The molecule has 0 aliphatic heterocycles. The molecule has 0 amide bonds. The number of carbonyl (C=O) groups excluding carboxylic acids is 1. The summed E-state index contributed by atoms with van der Waals surface area (Å²) in [6.45, 7) is 4.92. The molecule has 0 heterocycles. The normalized spacial score (nSPS) is 10.1. The maximum Gasteiger partial charge on any atom is 0.338 e. The van der Waals surface area contributed by atoms with E-state index in [-0.39, 0.29) is 5.97 Å². The maximum absolute atomic E-state index is 11.5. The molecule has 0 aromatic heterocycles. The van der Waals surface area contributed by atoms with Crippen LogP contribution in [0.5, 0.6) is 5.75 Å². The molecule has 0 saturated carbocycles. The number of anilines is 1. The molecule has 0 fully saturated rings. The number of carbonyl (C=O) groups is 1. The summed E-state index contributed by atoms with van der Waals surface area (Å²) in [6.07, 6.45) is 3.30. The van der Waals surface area contributed by atoms with Crippen LogP contribution in [0, 0.1) is 0 Å². The van der Waals surface area contributed by atoms with E-state index in [1.54, 1.807) is 25.1 Å². The number of esters is 1. The summed E-state index contributed by atoms with van der Waals surface area (Å²) in [5, 5.41) is 0. The van der Waals surface area contributed by atoms with Gasteiger partial charge in [0, 0.05) is 0 Å². The van der Waals surface area contributed by atoms with Crippen LogP contribution in [0.4, 0.5) is 5.69 Å². The lowest BCUT2D eigenvalue weighted by Gasteiger charge is -2.10. The van der Waals surface area contributed by atoms with Crippen molar-refractivity contribution in [3.05, 3.63) is 23.8 Å². The van der Waals surface area contributed by atoms with Crippen molar-refractivity contribution in [1.82, 2.24) is 0 Å². The molecule has 4 nitrogen and oxygen atoms in total. The third kappa shape index (κ3) is 4.28. The number of benzene rings is 1. The zero-order valence-corrected chi connectivity index (χ0v) is 11.1. The van der Waals surface area contributed by atoms with Crippen LogP contribution >= 0.6 is 0 Å². The minimum Gasteiger partial charge on any atom is -0.491 e. The van der Waals surface area contributed by atoms with Gasteiger partial charge < -0.3 is 15.2 Å².